The lowest BCUT2D eigenvalue weighted by molar-refractivity contribution is 0.0863. The van der Waals surface area contributed by atoms with Gasteiger partial charge in [-0.2, -0.15) is 0 Å². The van der Waals surface area contributed by atoms with Crippen LogP contribution in [-0.4, -0.2) is 16.8 Å². The van der Waals surface area contributed by atoms with E-state index in [1.165, 1.54) is 33.0 Å². The van der Waals surface area contributed by atoms with Gasteiger partial charge in [0, 0.05) is 22.4 Å². The summed E-state index contributed by atoms with van der Waals surface area (Å²) in [4.78, 5) is 10.4. The first-order chi connectivity index (χ1) is 14.5. The van der Waals surface area contributed by atoms with Crippen molar-refractivity contribution in [2.24, 2.45) is 5.16 Å². The number of hydrogen-bond donors (Lipinski definition) is 0. The van der Waals surface area contributed by atoms with Crippen LogP contribution in [0.15, 0.2) is 53.0 Å². The van der Waals surface area contributed by atoms with Crippen LogP contribution in [0.25, 0.3) is 11.1 Å². The molecule has 0 N–H and O–H groups in total. The summed E-state index contributed by atoms with van der Waals surface area (Å²) in [6.07, 6.45) is 4.53. The number of aryl methyl sites for hydroxylation is 2. The fraction of sp³-hybridized carbons (Fsp3) is 0.385. The van der Waals surface area contributed by atoms with Crippen molar-refractivity contribution < 1.29 is 4.84 Å². The molecule has 0 aliphatic heterocycles. The zero-order valence-corrected chi connectivity index (χ0v) is 19.1. The molecule has 1 aromatic heterocycles. The second kappa shape index (κ2) is 9.13. The van der Waals surface area contributed by atoms with Gasteiger partial charge in [-0.15, -0.1) is 11.3 Å². The average Bonchev–Trinajstić information content (AvgIpc) is 3.32. The van der Waals surface area contributed by atoms with Crippen LogP contribution in [0.3, 0.4) is 0 Å². The molecule has 1 heterocycles. The maximum Gasteiger partial charge on any atom is 0.122 e. The maximum absolute atomic E-state index is 5.63. The van der Waals surface area contributed by atoms with E-state index >= 15 is 0 Å². The van der Waals surface area contributed by atoms with E-state index in [2.05, 4.69) is 66.8 Å². The predicted molar refractivity (Wildman–Crippen MR) is 127 cm³/mol. The number of benzene rings is 2. The molecule has 0 fully saturated rings. The third-order valence-electron chi connectivity index (χ3n) is 5.38. The maximum atomic E-state index is 5.63. The summed E-state index contributed by atoms with van der Waals surface area (Å²) in [6, 6.07) is 15.3. The minimum Gasteiger partial charge on any atom is -0.393 e. The van der Waals surface area contributed by atoms with Gasteiger partial charge in [-0.25, -0.2) is 4.98 Å². The van der Waals surface area contributed by atoms with Crippen LogP contribution < -0.4 is 0 Å². The van der Waals surface area contributed by atoms with Crippen molar-refractivity contribution in [1.29, 1.82) is 0 Å². The highest BCUT2D eigenvalue weighted by Crippen LogP contribution is 2.37. The molecule has 3 aromatic rings. The number of aromatic nitrogens is 1. The molecule has 0 radical (unpaired) electrons. The fourth-order valence-electron chi connectivity index (χ4n) is 3.84. The minimum absolute atomic E-state index is 0.0684. The van der Waals surface area contributed by atoms with Crippen molar-refractivity contribution in [2.45, 2.75) is 65.4 Å². The van der Waals surface area contributed by atoms with Crippen LogP contribution >= 0.6 is 11.3 Å². The standard InChI is InChI=1S/C26H30N2OS/c1-17(2)26-27-20(16-30-26)10-6-5-9-19-13-14-22-21-11-7-8-12-23(21)25(24(22)15-19)28-29-18(3)4/h7-8,11-18H,5-6,9-10H2,1-4H3. The molecule has 0 spiro atoms. The summed E-state index contributed by atoms with van der Waals surface area (Å²) >= 11 is 1.79. The van der Waals surface area contributed by atoms with E-state index in [0.717, 1.165) is 37.0 Å². The zero-order chi connectivity index (χ0) is 21.1. The summed E-state index contributed by atoms with van der Waals surface area (Å²) < 4.78 is 0. The summed E-state index contributed by atoms with van der Waals surface area (Å²) in [5, 5.41) is 7.98. The Morgan fingerprint density at radius 2 is 1.63 bits per heavy atom. The molecule has 3 nitrogen and oxygen atoms in total. The van der Waals surface area contributed by atoms with Gasteiger partial charge in [0.25, 0.3) is 0 Å². The average molecular weight is 419 g/mol. The molecule has 0 saturated carbocycles. The summed E-state index contributed by atoms with van der Waals surface area (Å²) in [5.74, 6) is 0.523. The van der Waals surface area contributed by atoms with Gasteiger partial charge in [0.15, 0.2) is 0 Å². The first kappa shape index (κ1) is 20.8. The summed E-state index contributed by atoms with van der Waals surface area (Å²) in [7, 11) is 0. The number of thiazole rings is 1. The molecule has 0 amide bonds. The lowest BCUT2D eigenvalue weighted by atomic mass is 10.00. The first-order valence-electron chi connectivity index (χ1n) is 10.9. The van der Waals surface area contributed by atoms with Crippen LogP contribution in [0.5, 0.6) is 0 Å². The van der Waals surface area contributed by atoms with Gasteiger partial charge in [0.2, 0.25) is 0 Å². The van der Waals surface area contributed by atoms with Crippen LogP contribution in [0.2, 0.25) is 0 Å². The van der Waals surface area contributed by atoms with Gasteiger partial charge in [-0.05, 0) is 62.3 Å². The van der Waals surface area contributed by atoms with Gasteiger partial charge < -0.3 is 4.84 Å². The largest absolute Gasteiger partial charge is 0.393 e. The van der Waals surface area contributed by atoms with E-state index in [1.54, 1.807) is 11.3 Å². The topological polar surface area (TPSA) is 34.5 Å². The molecular formula is C26H30N2OS. The van der Waals surface area contributed by atoms with E-state index in [4.69, 9.17) is 9.82 Å². The Hall–Kier alpha value is -2.46. The van der Waals surface area contributed by atoms with Gasteiger partial charge in [-0.3, -0.25) is 0 Å². The molecule has 0 atom stereocenters. The van der Waals surface area contributed by atoms with Crippen molar-refractivity contribution in [3.8, 4) is 11.1 Å². The Bertz CT molecular complexity index is 1050. The minimum atomic E-state index is 0.0684. The molecule has 30 heavy (non-hydrogen) atoms. The van der Waals surface area contributed by atoms with Crippen molar-refractivity contribution in [2.75, 3.05) is 0 Å². The van der Waals surface area contributed by atoms with Crippen LogP contribution in [0.1, 0.15) is 73.8 Å². The van der Waals surface area contributed by atoms with Gasteiger partial charge in [0.05, 0.1) is 10.7 Å². The van der Waals surface area contributed by atoms with Crippen molar-refractivity contribution in [1.82, 2.24) is 4.98 Å². The number of fused-ring (bicyclic) bond motifs is 3. The monoisotopic (exact) mass is 418 g/mol. The Balaban J connectivity index is 1.45. The number of unbranched alkanes of at least 4 members (excludes halogenated alkanes) is 1. The SMILES string of the molecule is CC(C)ON=C1c2ccccc2-c2ccc(CCCCc3csc(C(C)C)n3)cc21. The molecule has 0 saturated heterocycles. The summed E-state index contributed by atoms with van der Waals surface area (Å²) in [6.45, 7) is 8.43. The molecule has 0 unspecified atom stereocenters. The van der Waals surface area contributed by atoms with Crippen LogP contribution in [0, 0.1) is 0 Å². The van der Waals surface area contributed by atoms with E-state index in [1.807, 2.05) is 13.8 Å². The third-order valence-corrected chi connectivity index (χ3v) is 6.57. The second-order valence-corrected chi connectivity index (χ2v) is 9.45. The Morgan fingerprint density at radius 1 is 0.900 bits per heavy atom. The Labute approximate surface area is 183 Å². The van der Waals surface area contributed by atoms with E-state index in [9.17, 15) is 0 Å². The predicted octanol–water partition coefficient (Wildman–Crippen LogP) is 6.99. The molecule has 4 rings (SSSR count). The van der Waals surface area contributed by atoms with E-state index < -0.39 is 0 Å². The first-order valence-corrected chi connectivity index (χ1v) is 11.8. The molecule has 2 aromatic carbocycles. The number of hydrogen-bond acceptors (Lipinski definition) is 4. The van der Waals surface area contributed by atoms with Crippen LogP contribution in [-0.2, 0) is 17.7 Å². The Kier molecular flexibility index (Phi) is 6.33. The quantitative estimate of drug-likeness (QED) is 0.228. The third kappa shape index (κ3) is 4.49. The molecule has 4 heteroatoms. The van der Waals surface area contributed by atoms with E-state index in [0.29, 0.717) is 5.92 Å². The zero-order valence-electron chi connectivity index (χ0n) is 18.3. The fourth-order valence-corrected chi connectivity index (χ4v) is 4.71. The highest BCUT2D eigenvalue weighted by atomic mass is 32.1. The lowest BCUT2D eigenvalue weighted by Crippen LogP contribution is -2.04. The van der Waals surface area contributed by atoms with Crippen molar-refractivity contribution >= 4 is 17.0 Å². The van der Waals surface area contributed by atoms with Crippen molar-refractivity contribution in [3.05, 3.63) is 75.2 Å². The highest BCUT2D eigenvalue weighted by Gasteiger charge is 2.25. The molecule has 0 bridgehead atoms. The van der Waals surface area contributed by atoms with Crippen molar-refractivity contribution in [3.63, 3.8) is 0 Å². The molecule has 1 aliphatic carbocycles. The van der Waals surface area contributed by atoms with Crippen LogP contribution in [0.4, 0.5) is 0 Å². The smallest absolute Gasteiger partial charge is 0.122 e. The normalized spacial score (nSPS) is 13.9. The molecule has 156 valence electrons. The molecular weight excluding hydrogens is 388 g/mol. The van der Waals surface area contributed by atoms with Gasteiger partial charge >= 0.3 is 0 Å². The number of nitrogens with zero attached hydrogens (tertiary/aromatic N) is 2. The highest BCUT2D eigenvalue weighted by molar-refractivity contribution is 7.09. The second-order valence-electron chi connectivity index (χ2n) is 8.56. The van der Waals surface area contributed by atoms with E-state index in [-0.39, 0.29) is 6.10 Å². The molecule has 1 aliphatic rings. The van der Waals surface area contributed by atoms with Gasteiger partial charge in [0.1, 0.15) is 11.8 Å². The number of oxime groups is 1. The number of rotatable bonds is 8. The Morgan fingerprint density at radius 3 is 2.37 bits per heavy atom. The lowest BCUT2D eigenvalue weighted by Gasteiger charge is -2.07. The summed E-state index contributed by atoms with van der Waals surface area (Å²) in [5.41, 5.74) is 8.41. The van der Waals surface area contributed by atoms with Gasteiger partial charge in [-0.1, -0.05) is 55.4 Å².